The lowest BCUT2D eigenvalue weighted by Gasteiger charge is -2.33. The van der Waals surface area contributed by atoms with Gasteiger partial charge in [0, 0.05) is 19.4 Å². The van der Waals surface area contributed by atoms with Crippen molar-refractivity contribution in [3.63, 3.8) is 0 Å². The number of carbonyl (C=O) groups is 2. The Morgan fingerprint density at radius 1 is 1.24 bits per heavy atom. The number of furan rings is 1. The van der Waals surface area contributed by atoms with Crippen molar-refractivity contribution in [2.75, 3.05) is 13.7 Å². The summed E-state index contributed by atoms with van der Waals surface area (Å²) in [4.78, 5) is 26.5. The number of benzene rings is 1. The summed E-state index contributed by atoms with van der Waals surface area (Å²) in [7, 11) is 1.76. The molecule has 0 aliphatic heterocycles. The molecule has 0 N–H and O–H groups in total. The summed E-state index contributed by atoms with van der Waals surface area (Å²) >= 11 is 0. The Balaban J connectivity index is 1.34. The zero-order chi connectivity index (χ0) is 20.2. The van der Waals surface area contributed by atoms with Crippen molar-refractivity contribution in [1.29, 1.82) is 0 Å². The van der Waals surface area contributed by atoms with Crippen molar-refractivity contribution in [3.05, 3.63) is 77.5 Å². The Morgan fingerprint density at radius 3 is 2.93 bits per heavy atom. The Labute approximate surface area is 168 Å². The molecule has 29 heavy (non-hydrogen) atoms. The molecule has 0 radical (unpaired) electrons. The SMILES string of the molecule is CN(C(=O)COC(=O)c1ccc(Cn2cccn2)o1)C1CCCc2ccccc21. The third kappa shape index (κ3) is 4.23. The number of hydrogen-bond donors (Lipinski definition) is 0. The van der Waals surface area contributed by atoms with E-state index in [-0.39, 0.29) is 24.3 Å². The van der Waals surface area contributed by atoms with Crippen LogP contribution in [0.25, 0.3) is 0 Å². The molecular formula is C22H23N3O4. The monoisotopic (exact) mass is 393 g/mol. The highest BCUT2D eigenvalue weighted by Crippen LogP contribution is 2.33. The maximum Gasteiger partial charge on any atom is 0.374 e. The predicted octanol–water partition coefficient (Wildman–Crippen LogP) is 3.22. The number of fused-ring (bicyclic) bond motifs is 1. The van der Waals surface area contributed by atoms with Crippen molar-refractivity contribution in [1.82, 2.24) is 14.7 Å². The van der Waals surface area contributed by atoms with Crippen LogP contribution in [0, 0.1) is 0 Å². The van der Waals surface area contributed by atoms with Gasteiger partial charge in [-0.25, -0.2) is 4.79 Å². The molecule has 4 rings (SSSR count). The minimum absolute atomic E-state index is 0.00966. The molecule has 1 amide bonds. The first kappa shape index (κ1) is 19.0. The first-order valence-corrected chi connectivity index (χ1v) is 9.68. The molecule has 2 heterocycles. The number of hydrogen-bond acceptors (Lipinski definition) is 5. The van der Waals surface area contributed by atoms with Gasteiger partial charge >= 0.3 is 5.97 Å². The molecule has 0 saturated heterocycles. The van der Waals surface area contributed by atoms with Gasteiger partial charge in [0.1, 0.15) is 5.76 Å². The number of rotatable bonds is 6. The van der Waals surface area contributed by atoms with Gasteiger partial charge < -0.3 is 14.1 Å². The Bertz CT molecular complexity index is 993. The highest BCUT2D eigenvalue weighted by Gasteiger charge is 2.27. The molecule has 3 aromatic rings. The van der Waals surface area contributed by atoms with Crippen LogP contribution in [0.1, 0.15) is 46.3 Å². The topological polar surface area (TPSA) is 77.6 Å². The van der Waals surface area contributed by atoms with Gasteiger partial charge in [-0.3, -0.25) is 9.48 Å². The fourth-order valence-corrected chi connectivity index (χ4v) is 3.73. The number of ether oxygens (including phenoxy) is 1. The average Bonchev–Trinajstić information content (AvgIpc) is 3.43. The minimum Gasteiger partial charge on any atom is -0.452 e. The molecule has 7 nitrogen and oxygen atoms in total. The van der Waals surface area contributed by atoms with Gasteiger partial charge in [-0.05, 0) is 48.6 Å². The number of amides is 1. The van der Waals surface area contributed by atoms with Gasteiger partial charge in [-0.2, -0.15) is 5.10 Å². The van der Waals surface area contributed by atoms with Crippen molar-refractivity contribution >= 4 is 11.9 Å². The second-order valence-corrected chi connectivity index (χ2v) is 7.16. The molecule has 1 unspecified atom stereocenters. The molecule has 1 atom stereocenters. The van der Waals surface area contributed by atoms with Gasteiger partial charge in [-0.1, -0.05) is 24.3 Å². The molecule has 0 saturated carbocycles. The smallest absolute Gasteiger partial charge is 0.374 e. The summed E-state index contributed by atoms with van der Waals surface area (Å²) in [6.45, 7) is 0.103. The van der Waals surface area contributed by atoms with E-state index in [1.165, 1.54) is 11.1 Å². The second-order valence-electron chi connectivity index (χ2n) is 7.16. The first-order chi connectivity index (χ1) is 14.1. The predicted molar refractivity (Wildman–Crippen MR) is 105 cm³/mol. The summed E-state index contributed by atoms with van der Waals surface area (Å²) in [5.41, 5.74) is 2.45. The van der Waals surface area contributed by atoms with Gasteiger partial charge in [-0.15, -0.1) is 0 Å². The summed E-state index contributed by atoms with van der Waals surface area (Å²) in [6.07, 6.45) is 6.44. The quantitative estimate of drug-likeness (QED) is 0.601. The standard InChI is InChI=1S/C22H23N3O4/c1-24(19-9-4-7-16-6-2-3-8-18(16)19)21(26)15-28-22(27)20-11-10-17(29-20)14-25-13-5-12-23-25/h2-3,5-6,8,10-13,19H,4,7,9,14-15H2,1H3. The third-order valence-electron chi connectivity index (χ3n) is 5.27. The van der Waals surface area contributed by atoms with Gasteiger partial charge in [0.25, 0.3) is 5.91 Å². The van der Waals surface area contributed by atoms with Crippen LogP contribution in [-0.2, 0) is 22.5 Å². The lowest BCUT2D eigenvalue weighted by atomic mass is 9.87. The molecule has 1 aliphatic rings. The van der Waals surface area contributed by atoms with Crippen LogP contribution in [0.3, 0.4) is 0 Å². The number of carbonyl (C=O) groups excluding carboxylic acids is 2. The van der Waals surface area contributed by atoms with Gasteiger partial charge in [0.05, 0.1) is 12.6 Å². The molecule has 7 heteroatoms. The van der Waals surface area contributed by atoms with Crippen LogP contribution in [-0.4, -0.2) is 40.2 Å². The van der Waals surface area contributed by atoms with Gasteiger partial charge in [0.2, 0.25) is 5.76 Å². The minimum atomic E-state index is -0.650. The fraction of sp³-hybridized carbons (Fsp3) is 0.318. The number of nitrogens with zero attached hydrogens (tertiary/aromatic N) is 3. The number of esters is 1. The van der Waals surface area contributed by atoms with E-state index < -0.39 is 5.97 Å². The Kier molecular flexibility index (Phi) is 5.46. The highest BCUT2D eigenvalue weighted by atomic mass is 16.5. The van der Waals surface area contributed by atoms with Crippen LogP contribution in [0.4, 0.5) is 0 Å². The summed E-state index contributed by atoms with van der Waals surface area (Å²) < 4.78 is 12.4. The van der Waals surface area contributed by atoms with Crippen molar-refractivity contribution in [2.24, 2.45) is 0 Å². The van der Waals surface area contributed by atoms with E-state index in [0.717, 1.165) is 19.3 Å². The maximum atomic E-state index is 12.6. The molecule has 1 aromatic carbocycles. The van der Waals surface area contributed by atoms with E-state index in [2.05, 4.69) is 17.2 Å². The van der Waals surface area contributed by atoms with Crippen molar-refractivity contribution in [2.45, 2.75) is 31.8 Å². The van der Waals surface area contributed by atoms with Crippen LogP contribution < -0.4 is 0 Å². The van der Waals surface area contributed by atoms with E-state index in [4.69, 9.17) is 9.15 Å². The largest absolute Gasteiger partial charge is 0.452 e. The lowest BCUT2D eigenvalue weighted by molar-refractivity contribution is -0.135. The molecular weight excluding hydrogens is 370 g/mol. The maximum absolute atomic E-state index is 12.6. The van der Waals surface area contributed by atoms with E-state index in [1.807, 2.05) is 18.2 Å². The summed E-state index contributed by atoms with van der Waals surface area (Å²) in [5, 5.41) is 4.10. The molecule has 0 bridgehead atoms. The third-order valence-corrected chi connectivity index (χ3v) is 5.27. The van der Waals surface area contributed by atoms with E-state index in [1.54, 1.807) is 41.2 Å². The van der Waals surface area contributed by atoms with Crippen molar-refractivity contribution < 1.29 is 18.7 Å². The molecule has 0 fully saturated rings. The van der Waals surface area contributed by atoms with Crippen molar-refractivity contribution in [3.8, 4) is 0 Å². The van der Waals surface area contributed by atoms with Crippen LogP contribution in [0.2, 0.25) is 0 Å². The molecule has 1 aliphatic carbocycles. The lowest BCUT2D eigenvalue weighted by Crippen LogP contribution is -2.36. The fourth-order valence-electron chi connectivity index (χ4n) is 3.73. The molecule has 2 aromatic heterocycles. The Morgan fingerprint density at radius 2 is 2.10 bits per heavy atom. The van der Waals surface area contributed by atoms with Gasteiger partial charge in [0.15, 0.2) is 6.61 Å². The zero-order valence-electron chi connectivity index (χ0n) is 16.3. The summed E-state index contributed by atoms with van der Waals surface area (Å²) in [5.74, 6) is -0.223. The number of aromatic nitrogens is 2. The van der Waals surface area contributed by atoms with E-state index in [0.29, 0.717) is 12.3 Å². The second kappa shape index (κ2) is 8.34. The average molecular weight is 393 g/mol. The highest BCUT2D eigenvalue weighted by molar-refractivity contribution is 5.88. The summed E-state index contributed by atoms with van der Waals surface area (Å²) in [6, 6.07) is 13.3. The van der Waals surface area contributed by atoms with Crippen LogP contribution >= 0.6 is 0 Å². The number of aryl methyl sites for hydroxylation is 1. The van der Waals surface area contributed by atoms with E-state index >= 15 is 0 Å². The zero-order valence-corrected chi connectivity index (χ0v) is 16.3. The molecule has 150 valence electrons. The molecule has 0 spiro atoms. The van der Waals surface area contributed by atoms with E-state index in [9.17, 15) is 9.59 Å². The Hall–Kier alpha value is -3.35. The number of likely N-dealkylation sites (N-methyl/N-ethyl adjacent to an activating group) is 1. The van der Waals surface area contributed by atoms with Crippen LogP contribution in [0.15, 0.2) is 59.3 Å². The first-order valence-electron chi connectivity index (χ1n) is 9.68. The van der Waals surface area contributed by atoms with Crippen LogP contribution in [0.5, 0.6) is 0 Å². The normalized spacial score (nSPS) is 15.6.